The average Bonchev–Trinajstić information content (AvgIpc) is 3.44. The Balaban J connectivity index is 1.25. The summed E-state index contributed by atoms with van der Waals surface area (Å²) in [6.07, 6.45) is 2.47. The largest absolute Gasteiger partial charge is 0.484 e. The van der Waals surface area contributed by atoms with Crippen LogP contribution in [0.5, 0.6) is 17.2 Å². The molecule has 1 N–H and O–H groups in total. The summed E-state index contributed by atoms with van der Waals surface area (Å²) in [4.78, 5) is 19.0. The molecular formula is C20H25N3O5. The molecule has 2 aliphatic heterocycles. The van der Waals surface area contributed by atoms with Gasteiger partial charge in [0.1, 0.15) is 12.0 Å². The van der Waals surface area contributed by atoms with Gasteiger partial charge >= 0.3 is 0 Å². The number of aromatic nitrogens is 1. The number of rotatable bonds is 7. The number of benzene rings is 1. The lowest BCUT2D eigenvalue weighted by atomic mass is 10.1. The van der Waals surface area contributed by atoms with Crippen molar-refractivity contribution in [1.82, 2.24) is 15.2 Å². The second-order valence-corrected chi connectivity index (χ2v) is 7.38. The van der Waals surface area contributed by atoms with Crippen LogP contribution >= 0.6 is 0 Å². The second-order valence-electron chi connectivity index (χ2n) is 7.38. The normalized spacial score (nSPS) is 18.6. The number of amides is 1. The maximum Gasteiger partial charge on any atom is 0.273 e. The molecule has 1 amide bonds. The van der Waals surface area contributed by atoms with Crippen molar-refractivity contribution in [2.24, 2.45) is 5.92 Å². The molecular weight excluding hydrogens is 362 g/mol. The van der Waals surface area contributed by atoms with E-state index in [1.165, 1.54) is 6.26 Å². The zero-order chi connectivity index (χ0) is 19.5. The molecule has 1 aromatic heterocycles. The first-order valence-corrected chi connectivity index (χ1v) is 9.57. The summed E-state index contributed by atoms with van der Waals surface area (Å²) in [5, 5.41) is 2.96. The minimum Gasteiger partial charge on any atom is -0.484 e. The molecule has 4 rings (SSSR count). The summed E-state index contributed by atoms with van der Waals surface area (Å²) in [7, 11) is 0. The lowest BCUT2D eigenvalue weighted by molar-refractivity contribution is 0.0942. The number of likely N-dealkylation sites (tertiary alicyclic amines) is 1. The summed E-state index contributed by atoms with van der Waals surface area (Å²) in [5.41, 5.74) is 0.267. The third-order valence-corrected chi connectivity index (χ3v) is 5.09. The molecule has 8 heteroatoms. The molecule has 28 heavy (non-hydrogen) atoms. The molecule has 8 nitrogen and oxygen atoms in total. The number of carbonyl (C=O) groups is 1. The van der Waals surface area contributed by atoms with E-state index in [0.29, 0.717) is 41.6 Å². The Morgan fingerprint density at radius 1 is 1.36 bits per heavy atom. The van der Waals surface area contributed by atoms with Gasteiger partial charge in [0.15, 0.2) is 23.8 Å². The first kappa shape index (κ1) is 18.6. The monoisotopic (exact) mass is 387 g/mol. The number of nitrogens with zero attached hydrogens (tertiary/aromatic N) is 2. The van der Waals surface area contributed by atoms with E-state index in [9.17, 15) is 4.79 Å². The van der Waals surface area contributed by atoms with Gasteiger partial charge in [-0.3, -0.25) is 4.79 Å². The predicted octanol–water partition coefficient (Wildman–Crippen LogP) is 2.44. The van der Waals surface area contributed by atoms with Crippen molar-refractivity contribution in [2.75, 3.05) is 26.4 Å². The summed E-state index contributed by atoms with van der Waals surface area (Å²) in [6.45, 7) is 7.49. The summed E-state index contributed by atoms with van der Waals surface area (Å²) >= 11 is 0. The zero-order valence-corrected chi connectivity index (χ0v) is 16.1. The third-order valence-electron chi connectivity index (χ3n) is 5.09. The van der Waals surface area contributed by atoms with E-state index >= 15 is 0 Å². The molecule has 3 heterocycles. The Morgan fingerprint density at radius 3 is 3.04 bits per heavy atom. The Morgan fingerprint density at radius 2 is 2.21 bits per heavy atom. The van der Waals surface area contributed by atoms with Crippen LogP contribution in [0.1, 0.15) is 36.6 Å². The Kier molecular flexibility index (Phi) is 5.38. The van der Waals surface area contributed by atoms with E-state index in [-0.39, 0.29) is 25.0 Å². The van der Waals surface area contributed by atoms with Crippen LogP contribution in [0, 0.1) is 5.92 Å². The van der Waals surface area contributed by atoms with E-state index in [4.69, 9.17) is 18.6 Å². The SMILES string of the molecule is CC(C)N1CC[C@H](CNC(=O)c2coc(COc3ccc4c(c3)OCO4)n2)C1. The first-order valence-electron chi connectivity index (χ1n) is 9.57. The summed E-state index contributed by atoms with van der Waals surface area (Å²) in [5.74, 6) is 2.56. The second kappa shape index (κ2) is 8.10. The number of fused-ring (bicyclic) bond motifs is 1. The van der Waals surface area contributed by atoms with Gasteiger partial charge in [-0.25, -0.2) is 4.98 Å². The highest BCUT2D eigenvalue weighted by atomic mass is 16.7. The lowest BCUT2D eigenvalue weighted by Crippen LogP contribution is -2.33. The van der Waals surface area contributed by atoms with Gasteiger partial charge in [0.25, 0.3) is 5.91 Å². The van der Waals surface area contributed by atoms with Crippen LogP contribution in [-0.2, 0) is 6.61 Å². The van der Waals surface area contributed by atoms with Gasteiger partial charge in [-0.2, -0.15) is 0 Å². The fourth-order valence-corrected chi connectivity index (χ4v) is 3.42. The van der Waals surface area contributed by atoms with Gasteiger partial charge in [0.05, 0.1) is 0 Å². The molecule has 1 fully saturated rings. The van der Waals surface area contributed by atoms with E-state index < -0.39 is 0 Å². The molecule has 1 aromatic carbocycles. The number of hydrogen-bond donors (Lipinski definition) is 1. The molecule has 0 unspecified atom stereocenters. The van der Waals surface area contributed by atoms with E-state index in [1.807, 2.05) is 0 Å². The van der Waals surface area contributed by atoms with Crippen LogP contribution in [0.25, 0.3) is 0 Å². The average molecular weight is 387 g/mol. The van der Waals surface area contributed by atoms with Gasteiger partial charge in [-0.1, -0.05) is 0 Å². The van der Waals surface area contributed by atoms with Gasteiger partial charge in [-0.05, 0) is 44.9 Å². The lowest BCUT2D eigenvalue weighted by Gasteiger charge is -2.20. The van der Waals surface area contributed by atoms with Crippen LogP contribution in [0.15, 0.2) is 28.9 Å². The molecule has 150 valence electrons. The topological polar surface area (TPSA) is 86.1 Å². The molecule has 1 saturated heterocycles. The van der Waals surface area contributed by atoms with Crippen molar-refractivity contribution in [3.63, 3.8) is 0 Å². The highest BCUT2D eigenvalue weighted by Gasteiger charge is 2.25. The standard InChI is InChI=1S/C20H25N3O5/c1-13(2)23-6-5-14(9-23)8-21-20(24)16-10-26-19(22-16)11-25-15-3-4-17-18(7-15)28-12-27-17/h3-4,7,10,13-14H,5-6,8-9,11-12H2,1-2H3,(H,21,24)/t14-/m1/s1. The van der Waals surface area contributed by atoms with Crippen LogP contribution in [-0.4, -0.2) is 48.3 Å². The van der Waals surface area contributed by atoms with Gasteiger partial charge in [0, 0.05) is 25.2 Å². The molecule has 0 spiro atoms. The van der Waals surface area contributed by atoms with Gasteiger partial charge in [0.2, 0.25) is 12.7 Å². The minimum absolute atomic E-state index is 0.124. The Labute approximate surface area is 163 Å². The van der Waals surface area contributed by atoms with Crippen LogP contribution in [0.2, 0.25) is 0 Å². The van der Waals surface area contributed by atoms with Crippen LogP contribution < -0.4 is 19.5 Å². The zero-order valence-electron chi connectivity index (χ0n) is 16.1. The van der Waals surface area contributed by atoms with Crippen molar-refractivity contribution in [3.05, 3.63) is 36.0 Å². The quantitative estimate of drug-likeness (QED) is 0.781. The fraction of sp³-hybridized carbons (Fsp3) is 0.500. The number of ether oxygens (including phenoxy) is 3. The summed E-state index contributed by atoms with van der Waals surface area (Å²) in [6, 6.07) is 5.87. The molecule has 0 aliphatic carbocycles. The Bertz CT molecular complexity index is 835. The third kappa shape index (κ3) is 4.22. The molecule has 0 saturated carbocycles. The predicted molar refractivity (Wildman–Crippen MR) is 101 cm³/mol. The maximum absolute atomic E-state index is 12.3. The van der Waals surface area contributed by atoms with E-state index in [2.05, 4.69) is 29.0 Å². The van der Waals surface area contributed by atoms with Crippen molar-refractivity contribution in [3.8, 4) is 17.2 Å². The van der Waals surface area contributed by atoms with E-state index in [0.717, 1.165) is 19.5 Å². The number of hydrogen-bond acceptors (Lipinski definition) is 7. The molecule has 1 atom stereocenters. The fourth-order valence-electron chi connectivity index (χ4n) is 3.42. The van der Waals surface area contributed by atoms with Crippen molar-refractivity contribution < 1.29 is 23.4 Å². The number of oxazole rings is 1. The highest BCUT2D eigenvalue weighted by Crippen LogP contribution is 2.35. The number of nitrogens with one attached hydrogen (secondary N) is 1. The number of carbonyl (C=O) groups excluding carboxylic acids is 1. The first-order chi connectivity index (χ1) is 13.6. The Hall–Kier alpha value is -2.74. The molecule has 0 bridgehead atoms. The van der Waals surface area contributed by atoms with Crippen molar-refractivity contribution >= 4 is 5.91 Å². The van der Waals surface area contributed by atoms with Crippen molar-refractivity contribution in [2.45, 2.75) is 32.9 Å². The molecule has 0 radical (unpaired) electrons. The molecule has 2 aromatic rings. The van der Waals surface area contributed by atoms with Gasteiger partial charge < -0.3 is 28.8 Å². The summed E-state index contributed by atoms with van der Waals surface area (Å²) < 4.78 is 21.6. The van der Waals surface area contributed by atoms with Crippen LogP contribution in [0.4, 0.5) is 0 Å². The molecule has 2 aliphatic rings. The van der Waals surface area contributed by atoms with Gasteiger partial charge in [-0.15, -0.1) is 0 Å². The smallest absolute Gasteiger partial charge is 0.273 e. The van der Waals surface area contributed by atoms with E-state index in [1.54, 1.807) is 18.2 Å². The maximum atomic E-state index is 12.3. The van der Waals surface area contributed by atoms with Crippen LogP contribution in [0.3, 0.4) is 0 Å². The van der Waals surface area contributed by atoms with Crippen molar-refractivity contribution in [1.29, 1.82) is 0 Å². The highest BCUT2D eigenvalue weighted by molar-refractivity contribution is 5.91. The minimum atomic E-state index is -0.221.